The van der Waals surface area contributed by atoms with Gasteiger partial charge in [-0.3, -0.25) is 14.8 Å². The molecule has 3 aromatic rings. The van der Waals surface area contributed by atoms with Crippen molar-refractivity contribution in [3.05, 3.63) is 58.2 Å². The lowest BCUT2D eigenvalue weighted by Crippen LogP contribution is -2.40. The number of nitrogens with zero attached hydrogens (tertiary/aromatic N) is 4. The first-order valence-electron chi connectivity index (χ1n) is 12.0. The van der Waals surface area contributed by atoms with Crippen LogP contribution in [0.15, 0.2) is 46.5 Å². The van der Waals surface area contributed by atoms with Gasteiger partial charge in [-0.1, -0.05) is 43.4 Å². The molecule has 1 unspecified atom stereocenters. The van der Waals surface area contributed by atoms with Crippen LogP contribution in [0.1, 0.15) is 42.3 Å². The van der Waals surface area contributed by atoms with Crippen LogP contribution in [0, 0.1) is 11.8 Å². The number of carbonyl (C=O) groups is 1. The fraction of sp³-hybridized carbons (Fsp3) is 0.286. The molecule has 0 radical (unpaired) electrons. The molecule has 1 aromatic heterocycles. The number of pyridine rings is 1. The summed E-state index contributed by atoms with van der Waals surface area (Å²) < 4.78 is 0. The highest BCUT2D eigenvalue weighted by Crippen LogP contribution is 2.35. The third kappa shape index (κ3) is 6.71. The van der Waals surface area contributed by atoms with Crippen LogP contribution >= 0.6 is 11.6 Å². The molecule has 1 atom stereocenters. The van der Waals surface area contributed by atoms with Gasteiger partial charge in [-0.15, -0.1) is 0 Å². The number of hydrogen-bond acceptors (Lipinski definition) is 7. The number of halogens is 1. The largest absolute Gasteiger partial charge is 0.390 e. The number of nitrogens with two attached hydrogens (primary N) is 1. The van der Waals surface area contributed by atoms with E-state index in [4.69, 9.17) is 17.3 Å². The third-order valence-corrected chi connectivity index (χ3v) is 6.11. The maximum atomic E-state index is 13.0. The quantitative estimate of drug-likeness (QED) is 0.287. The van der Waals surface area contributed by atoms with E-state index in [0.717, 1.165) is 23.9 Å². The zero-order valence-corrected chi connectivity index (χ0v) is 22.0. The Kier molecular flexibility index (Phi) is 9.75. The van der Waals surface area contributed by atoms with E-state index in [1.807, 2.05) is 19.9 Å². The molecule has 2 aromatic carbocycles. The molecule has 9 heteroatoms. The SMILES string of the molecule is C=Nc1c(C(=O)NCC(O)CN(CC)CC)ccc(C#Cc2c(N)ncc3ccc(Cl)cc23)c1/N=C\C. The van der Waals surface area contributed by atoms with Crippen molar-refractivity contribution in [1.29, 1.82) is 0 Å². The topological polar surface area (TPSA) is 116 Å². The number of hydrogen-bond donors (Lipinski definition) is 3. The summed E-state index contributed by atoms with van der Waals surface area (Å²) >= 11 is 6.19. The van der Waals surface area contributed by atoms with Gasteiger partial charge in [-0.05, 0) is 51.0 Å². The average molecular weight is 519 g/mol. The minimum Gasteiger partial charge on any atom is -0.390 e. The van der Waals surface area contributed by atoms with Gasteiger partial charge in [-0.2, -0.15) is 0 Å². The molecule has 0 fully saturated rings. The number of aromatic nitrogens is 1. The van der Waals surface area contributed by atoms with Crippen LogP contribution in [0.2, 0.25) is 5.02 Å². The molecular weight excluding hydrogens is 488 g/mol. The Balaban J connectivity index is 1.96. The van der Waals surface area contributed by atoms with E-state index < -0.39 is 6.10 Å². The van der Waals surface area contributed by atoms with Gasteiger partial charge in [0.15, 0.2) is 0 Å². The Morgan fingerprint density at radius 3 is 2.70 bits per heavy atom. The van der Waals surface area contributed by atoms with Crippen molar-refractivity contribution >= 4 is 58.4 Å². The molecule has 0 aliphatic rings. The van der Waals surface area contributed by atoms with E-state index in [-0.39, 0.29) is 23.8 Å². The number of likely N-dealkylation sites (N-methyl/N-ethyl adjacent to an activating group) is 1. The second-order valence-electron chi connectivity index (χ2n) is 8.25. The Labute approximate surface area is 222 Å². The zero-order valence-electron chi connectivity index (χ0n) is 21.3. The first-order chi connectivity index (χ1) is 17.8. The fourth-order valence-corrected chi connectivity index (χ4v) is 4.07. The van der Waals surface area contributed by atoms with E-state index in [0.29, 0.717) is 34.1 Å². The summed E-state index contributed by atoms with van der Waals surface area (Å²) in [7, 11) is 0. The van der Waals surface area contributed by atoms with Gasteiger partial charge in [0.05, 0.1) is 22.8 Å². The lowest BCUT2D eigenvalue weighted by molar-refractivity contribution is 0.0870. The van der Waals surface area contributed by atoms with Gasteiger partial charge in [-0.25, -0.2) is 4.98 Å². The number of aliphatic hydroxyl groups is 1. The number of nitrogen functional groups attached to an aromatic ring is 1. The summed E-state index contributed by atoms with van der Waals surface area (Å²) in [6.07, 6.45) is 2.57. The van der Waals surface area contributed by atoms with Crippen molar-refractivity contribution in [3.8, 4) is 11.8 Å². The molecular formula is C28H31ClN6O2. The van der Waals surface area contributed by atoms with Crippen molar-refractivity contribution in [3.63, 3.8) is 0 Å². The molecule has 0 saturated carbocycles. The number of benzene rings is 2. The van der Waals surface area contributed by atoms with Gasteiger partial charge in [0.2, 0.25) is 0 Å². The highest BCUT2D eigenvalue weighted by molar-refractivity contribution is 6.31. The van der Waals surface area contributed by atoms with E-state index in [1.54, 1.807) is 43.6 Å². The number of aliphatic imine (C=N–C) groups is 2. The molecule has 0 bridgehead atoms. The lowest BCUT2D eigenvalue weighted by atomic mass is 10.0. The van der Waals surface area contributed by atoms with Crippen LogP contribution < -0.4 is 11.1 Å². The summed E-state index contributed by atoms with van der Waals surface area (Å²) in [4.78, 5) is 27.8. The number of aliphatic hydroxyl groups excluding tert-OH is 1. The maximum absolute atomic E-state index is 13.0. The highest BCUT2D eigenvalue weighted by Gasteiger charge is 2.18. The second kappa shape index (κ2) is 13.0. The van der Waals surface area contributed by atoms with E-state index in [1.165, 1.54) is 0 Å². The molecule has 0 saturated heterocycles. The highest BCUT2D eigenvalue weighted by atomic mass is 35.5. The van der Waals surface area contributed by atoms with Gasteiger partial charge in [0, 0.05) is 41.3 Å². The van der Waals surface area contributed by atoms with E-state index >= 15 is 0 Å². The molecule has 1 amide bonds. The summed E-state index contributed by atoms with van der Waals surface area (Å²) in [6.45, 7) is 11.7. The van der Waals surface area contributed by atoms with E-state index in [2.05, 4.69) is 43.7 Å². The summed E-state index contributed by atoms with van der Waals surface area (Å²) in [5, 5.41) is 15.3. The minimum absolute atomic E-state index is 0.107. The molecule has 3 rings (SSSR count). The molecule has 37 heavy (non-hydrogen) atoms. The van der Waals surface area contributed by atoms with Crippen molar-refractivity contribution in [2.24, 2.45) is 9.98 Å². The second-order valence-corrected chi connectivity index (χ2v) is 8.69. The lowest BCUT2D eigenvalue weighted by Gasteiger charge is -2.22. The molecule has 192 valence electrons. The number of fused-ring (bicyclic) bond motifs is 1. The monoisotopic (exact) mass is 518 g/mol. The van der Waals surface area contributed by atoms with Gasteiger partial charge in [0.25, 0.3) is 5.91 Å². The Morgan fingerprint density at radius 2 is 2.03 bits per heavy atom. The van der Waals surface area contributed by atoms with Crippen LogP contribution in [0.5, 0.6) is 0 Å². The van der Waals surface area contributed by atoms with Crippen molar-refractivity contribution in [1.82, 2.24) is 15.2 Å². The average Bonchev–Trinajstić information content (AvgIpc) is 2.90. The predicted octanol–water partition coefficient (Wildman–Crippen LogP) is 4.36. The van der Waals surface area contributed by atoms with Gasteiger partial charge in [0.1, 0.15) is 17.2 Å². The standard InChI is InChI=1S/C28H31ClN6O2/c1-5-32-25-18(9-12-22-24-14-20(29)11-8-19(24)15-33-27(22)30)10-13-23(26(25)31-4)28(37)34-16-21(36)17-35(6-2)7-3/h5,8,10-11,13-15,21,36H,4,6-7,16-17H2,1-3H3,(H2,30,33)(H,34,37)/b32-5-. The molecule has 1 heterocycles. The molecule has 0 aliphatic carbocycles. The number of anilines is 1. The summed E-state index contributed by atoms with van der Waals surface area (Å²) in [6, 6.07) is 8.75. The number of amides is 1. The van der Waals surface area contributed by atoms with Crippen molar-refractivity contribution < 1.29 is 9.90 Å². The normalized spacial score (nSPS) is 11.9. The van der Waals surface area contributed by atoms with E-state index in [9.17, 15) is 9.90 Å². The molecule has 0 spiro atoms. The minimum atomic E-state index is -0.699. The predicted molar refractivity (Wildman–Crippen MR) is 153 cm³/mol. The molecule has 4 N–H and O–H groups in total. The number of rotatable bonds is 9. The Morgan fingerprint density at radius 1 is 1.27 bits per heavy atom. The zero-order chi connectivity index (χ0) is 26.9. The van der Waals surface area contributed by atoms with Gasteiger partial charge >= 0.3 is 0 Å². The van der Waals surface area contributed by atoms with Crippen LogP contribution in [0.3, 0.4) is 0 Å². The summed E-state index contributed by atoms with van der Waals surface area (Å²) in [5.41, 5.74) is 8.21. The first-order valence-corrected chi connectivity index (χ1v) is 12.4. The fourth-order valence-electron chi connectivity index (χ4n) is 3.89. The van der Waals surface area contributed by atoms with Crippen LogP contribution in [-0.2, 0) is 0 Å². The first kappa shape index (κ1) is 27.8. The van der Waals surface area contributed by atoms with Crippen LogP contribution in [0.25, 0.3) is 10.8 Å². The summed E-state index contributed by atoms with van der Waals surface area (Å²) in [5.74, 6) is 6.10. The van der Waals surface area contributed by atoms with Crippen LogP contribution in [0.4, 0.5) is 17.2 Å². The number of nitrogens with one attached hydrogen (secondary N) is 1. The molecule has 8 nitrogen and oxygen atoms in total. The Hall–Kier alpha value is -3.77. The Bertz CT molecular complexity index is 1380. The van der Waals surface area contributed by atoms with Crippen LogP contribution in [-0.4, -0.2) is 66.1 Å². The third-order valence-electron chi connectivity index (χ3n) is 5.88. The number of carbonyl (C=O) groups excluding carboxylic acids is 1. The maximum Gasteiger partial charge on any atom is 0.253 e. The molecule has 0 aliphatic heterocycles. The van der Waals surface area contributed by atoms with Crippen molar-refractivity contribution in [2.75, 3.05) is 31.9 Å². The van der Waals surface area contributed by atoms with Gasteiger partial charge < -0.3 is 21.1 Å². The van der Waals surface area contributed by atoms with Crippen molar-refractivity contribution in [2.45, 2.75) is 26.9 Å². The smallest absolute Gasteiger partial charge is 0.253 e.